The summed E-state index contributed by atoms with van der Waals surface area (Å²) in [7, 11) is -2.70. The Labute approximate surface area is 178 Å². The number of methoxy groups -OCH3 is 1. The van der Waals surface area contributed by atoms with E-state index in [0.717, 1.165) is 6.07 Å². The summed E-state index contributed by atoms with van der Waals surface area (Å²) >= 11 is 0. The van der Waals surface area contributed by atoms with Gasteiger partial charge in [0.15, 0.2) is 5.78 Å². The van der Waals surface area contributed by atoms with Gasteiger partial charge in [-0.2, -0.15) is 0 Å². The van der Waals surface area contributed by atoms with Crippen molar-refractivity contribution in [2.24, 2.45) is 0 Å². The number of Topliss-reactive ketones (excluding diaryl/α,β-unsaturated/α-hetero) is 1. The summed E-state index contributed by atoms with van der Waals surface area (Å²) in [6.45, 7) is 1.38. The summed E-state index contributed by atoms with van der Waals surface area (Å²) in [4.78, 5) is 23.8. The number of carbonyl (C=O) groups is 2. The molecule has 160 valence electrons. The van der Waals surface area contributed by atoms with Gasteiger partial charge in [0.2, 0.25) is 0 Å². The largest absolute Gasteiger partial charge is 0.495 e. The fraction of sp³-hybridized carbons (Fsp3) is 0.0909. The lowest BCUT2D eigenvalue weighted by Gasteiger charge is -2.14. The lowest BCUT2D eigenvalue weighted by molar-refractivity contribution is 0.101. The van der Waals surface area contributed by atoms with E-state index in [1.165, 1.54) is 62.6 Å². The summed E-state index contributed by atoms with van der Waals surface area (Å²) in [6, 6.07) is 15.3. The maximum absolute atomic E-state index is 13.9. The summed E-state index contributed by atoms with van der Waals surface area (Å²) in [5.74, 6) is -1.48. The Morgan fingerprint density at radius 3 is 2.39 bits per heavy atom. The molecule has 0 fully saturated rings. The van der Waals surface area contributed by atoms with Gasteiger partial charge in [-0.25, -0.2) is 12.8 Å². The number of halogens is 1. The summed E-state index contributed by atoms with van der Waals surface area (Å²) in [6.07, 6.45) is 0. The van der Waals surface area contributed by atoms with E-state index in [1.807, 2.05) is 0 Å². The van der Waals surface area contributed by atoms with Crippen molar-refractivity contribution >= 4 is 33.1 Å². The Morgan fingerprint density at radius 1 is 0.968 bits per heavy atom. The van der Waals surface area contributed by atoms with Crippen molar-refractivity contribution in [3.05, 3.63) is 83.7 Å². The van der Waals surface area contributed by atoms with Crippen LogP contribution in [0, 0.1) is 5.82 Å². The Bertz CT molecular complexity index is 1260. The molecule has 0 saturated heterocycles. The number of ketones is 1. The Hall–Kier alpha value is -3.72. The standard InChI is InChI=1S/C22H19FN2O5S/c1-14(26)15-6-5-7-16(12-15)25-31(28,29)17-10-11-21(30-2)20(13-17)24-22(27)18-8-3-4-9-19(18)23/h3-13,25H,1-2H3,(H,24,27). The number of hydrogen-bond acceptors (Lipinski definition) is 5. The molecule has 0 atom stereocenters. The van der Waals surface area contributed by atoms with Gasteiger partial charge in [0.25, 0.3) is 15.9 Å². The van der Waals surface area contributed by atoms with Crippen LogP contribution in [-0.4, -0.2) is 27.2 Å². The van der Waals surface area contributed by atoms with Crippen molar-refractivity contribution in [1.29, 1.82) is 0 Å². The van der Waals surface area contributed by atoms with Crippen molar-refractivity contribution in [3.63, 3.8) is 0 Å². The lowest BCUT2D eigenvalue weighted by Crippen LogP contribution is -2.16. The van der Waals surface area contributed by atoms with Crippen molar-refractivity contribution in [2.75, 3.05) is 17.1 Å². The quantitative estimate of drug-likeness (QED) is 0.537. The number of carbonyl (C=O) groups excluding carboxylic acids is 2. The van der Waals surface area contributed by atoms with Crippen LogP contribution in [0.25, 0.3) is 0 Å². The molecule has 2 N–H and O–H groups in total. The molecule has 7 nitrogen and oxygen atoms in total. The van der Waals surface area contributed by atoms with Crippen LogP contribution in [0.3, 0.4) is 0 Å². The number of benzene rings is 3. The van der Waals surface area contributed by atoms with E-state index in [4.69, 9.17) is 4.74 Å². The molecule has 0 aliphatic rings. The topological polar surface area (TPSA) is 102 Å². The normalized spacial score (nSPS) is 10.9. The Kier molecular flexibility index (Phi) is 6.36. The van der Waals surface area contributed by atoms with Crippen molar-refractivity contribution in [3.8, 4) is 5.75 Å². The van der Waals surface area contributed by atoms with E-state index in [2.05, 4.69) is 10.0 Å². The van der Waals surface area contributed by atoms with Crippen molar-refractivity contribution in [2.45, 2.75) is 11.8 Å². The first-order chi connectivity index (χ1) is 14.7. The van der Waals surface area contributed by atoms with Crippen LogP contribution < -0.4 is 14.8 Å². The van der Waals surface area contributed by atoms with Crippen molar-refractivity contribution in [1.82, 2.24) is 0 Å². The fourth-order valence-electron chi connectivity index (χ4n) is 2.80. The molecular weight excluding hydrogens is 423 g/mol. The second-order valence-corrected chi connectivity index (χ2v) is 8.22. The van der Waals surface area contributed by atoms with E-state index >= 15 is 0 Å². The van der Waals surface area contributed by atoms with E-state index in [9.17, 15) is 22.4 Å². The maximum atomic E-state index is 13.9. The van der Waals surface area contributed by atoms with Gasteiger partial charge in [-0.3, -0.25) is 14.3 Å². The molecule has 0 bridgehead atoms. The van der Waals surface area contributed by atoms with Gasteiger partial charge in [0, 0.05) is 11.3 Å². The van der Waals surface area contributed by atoms with Gasteiger partial charge >= 0.3 is 0 Å². The first-order valence-electron chi connectivity index (χ1n) is 9.09. The number of amides is 1. The van der Waals surface area contributed by atoms with Gasteiger partial charge in [-0.15, -0.1) is 0 Å². The monoisotopic (exact) mass is 442 g/mol. The SMILES string of the molecule is COc1ccc(S(=O)(=O)Nc2cccc(C(C)=O)c2)cc1NC(=O)c1ccccc1F. The fourth-order valence-corrected chi connectivity index (χ4v) is 3.88. The number of rotatable bonds is 7. The average molecular weight is 442 g/mol. The molecular formula is C22H19FN2O5S. The molecule has 0 aliphatic carbocycles. The van der Waals surface area contributed by atoms with Crippen molar-refractivity contribution < 1.29 is 27.1 Å². The summed E-state index contributed by atoms with van der Waals surface area (Å²) in [5.41, 5.74) is 0.418. The van der Waals surface area contributed by atoms with Gasteiger partial charge in [0.1, 0.15) is 11.6 Å². The Balaban J connectivity index is 1.92. The highest BCUT2D eigenvalue weighted by molar-refractivity contribution is 7.92. The first-order valence-corrected chi connectivity index (χ1v) is 10.6. The Morgan fingerprint density at radius 2 is 1.71 bits per heavy atom. The van der Waals surface area contributed by atoms with Crippen LogP contribution in [0.1, 0.15) is 27.6 Å². The zero-order valence-corrected chi connectivity index (χ0v) is 17.5. The van der Waals surface area contributed by atoms with Gasteiger partial charge in [-0.05, 0) is 49.4 Å². The van der Waals surface area contributed by atoms with Crippen LogP contribution in [0.4, 0.5) is 15.8 Å². The van der Waals surface area contributed by atoms with Crippen LogP contribution in [0.15, 0.2) is 71.6 Å². The van der Waals surface area contributed by atoms with E-state index in [1.54, 1.807) is 12.1 Å². The zero-order valence-electron chi connectivity index (χ0n) is 16.7. The number of ether oxygens (including phenoxy) is 1. The third kappa shape index (κ3) is 5.07. The van der Waals surface area contributed by atoms with Crippen LogP contribution >= 0.6 is 0 Å². The molecule has 0 heterocycles. The molecule has 3 aromatic rings. The van der Waals surface area contributed by atoms with Gasteiger partial charge < -0.3 is 10.1 Å². The minimum absolute atomic E-state index is 0.0520. The summed E-state index contributed by atoms with van der Waals surface area (Å²) in [5, 5.41) is 2.48. The van der Waals surface area contributed by atoms with Gasteiger partial charge in [-0.1, -0.05) is 24.3 Å². The molecule has 3 rings (SSSR count). The smallest absolute Gasteiger partial charge is 0.261 e. The number of anilines is 2. The minimum atomic E-state index is -4.05. The highest BCUT2D eigenvalue weighted by Crippen LogP contribution is 2.29. The molecule has 0 saturated carbocycles. The molecule has 0 radical (unpaired) electrons. The molecule has 1 amide bonds. The molecule has 0 unspecified atom stereocenters. The van der Waals surface area contributed by atoms with E-state index in [-0.39, 0.29) is 33.4 Å². The second-order valence-electron chi connectivity index (χ2n) is 6.54. The minimum Gasteiger partial charge on any atom is -0.495 e. The van der Waals surface area contributed by atoms with Gasteiger partial charge in [0.05, 0.1) is 23.3 Å². The molecule has 31 heavy (non-hydrogen) atoms. The van der Waals surface area contributed by atoms with Crippen LogP contribution in [0.5, 0.6) is 5.75 Å². The molecule has 0 spiro atoms. The highest BCUT2D eigenvalue weighted by Gasteiger charge is 2.19. The second kappa shape index (κ2) is 8.97. The zero-order chi connectivity index (χ0) is 22.6. The average Bonchev–Trinajstić information content (AvgIpc) is 2.73. The number of nitrogens with one attached hydrogen (secondary N) is 2. The first kappa shape index (κ1) is 22.0. The van der Waals surface area contributed by atoms with E-state index < -0.39 is 21.7 Å². The third-order valence-electron chi connectivity index (χ3n) is 4.37. The van der Waals surface area contributed by atoms with Crippen LogP contribution in [0.2, 0.25) is 0 Å². The lowest BCUT2D eigenvalue weighted by atomic mass is 10.1. The molecule has 3 aromatic carbocycles. The predicted octanol–water partition coefficient (Wildman–Crippen LogP) is 4.09. The highest BCUT2D eigenvalue weighted by atomic mass is 32.2. The molecule has 0 aromatic heterocycles. The maximum Gasteiger partial charge on any atom is 0.261 e. The van der Waals surface area contributed by atoms with Crippen LogP contribution in [-0.2, 0) is 10.0 Å². The summed E-state index contributed by atoms with van der Waals surface area (Å²) < 4.78 is 47.1. The number of hydrogen-bond donors (Lipinski definition) is 2. The van der Waals surface area contributed by atoms with E-state index in [0.29, 0.717) is 5.56 Å². The molecule has 0 aliphatic heterocycles. The number of sulfonamides is 1. The molecule has 9 heteroatoms. The predicted molar refractivity (Wildman–Crippen MR) is 115 cm³/mol. The third-order valence-corrected chi connectivity index (χ3v) is 5.75.